The Morgan fingerprint density at radius 3 is 2.24 bits per heavy atom. The molecule has 3 fully saturated rings. The molecule has 1 saturated heterocycles. The van der Waals surface area contributed by atoms with Crippen LogP contribution in [0.1, 0.15) is 63.0 Å². The molecular formula is C26H40Cl2N5O4+. The molecule has 3 atom stereocenters. The van der Waals surface area contributed by atoms with Crippen LogP contribution in [0.4, 0.5) is 0 Å². The number of nitrogen functional groups attached to an aromatic ring is 1. The number of quaternary nitrogens is 1. The zero-order valence-electron chi connectivity index (χ0n) is 21.4. The number of nitrogens with zero attached hydrogens (tertiary/aromatic N) is 2. The number of primary amides is 1. The summed E-state index contributed by atoms with van der Waals surface area (Å²) in [5.41, 5.74) is 12.2. The highest BCUT2D eigenvalue weighted by molar-refractivity contribution is 5.95. The number of ether oxygens (including phenoxy) is 1. The minimum Gasteiger partial charge on any atom is -0.465 e. The van der Waals surface area contributed by atoms with E-state index >= 15 is 0 Å². The average Bonchev–Trinajstić information content (AvgIpc) is 3.51. The van der Waals surface area contributed by atoms with Gasteiger partial charge in [0.05, 0.1) is 19.7 Å². The fourth-order valence-electron chi connectivity index (χ4n) is 6.47. The number of fused-ring (bicyclic) bond motifs is 1. The Morgan fingerprint density at radius 2 is 1.70 bits per heavy atom. The zero-order chi connectivity index (χ0) is 25.2. The molecule has 4 rings (SSSR count). The van der Waals surface area contributed by atoms with Crippen molar-refractivity contribution in [3.8, 4) is 0 Å². The maximum absolute atomic E-state index is 14.2. The predicted molar refractivity (Wildman–Crippen MR) is 146 cm³/mol. The Hall–Kier alpha value is -2.20. The first-order valence-electron chi connectivity index (χ1n) is 12.8. The van der Waals surface area contributed by atoms with Gasteiger partial charge < -0.3 is 16.2 Å². The van der Waals surface area contributed by atoms with E-state index in [2.05, 4.69) is 0 Å². The fraction of sp³-hybridized carbons (Fsp3) is 0.615. The van der Waals surface area contributed by atoms with Gasteiger partial charge in [0.1, 0.15) is 18.9 Å². The van der Waals surface area contributed by atoms with Crippen molar-refractivity contribution in [2.45, 2.75) is 70.0 Å². The molecule has 1 aromatic carbocycles. The van der Waals surface area contributed by atoms with E-state index < -0.39 is 11.4 Å². The second kappa shape index (κ2) is 12.6. The molecule has 37 heavy (non-hydrogen) atoms. The molecule has 2 saturated carbocycles. The van der Waals surface area contributed by atoms with Crippen molar-refractivity contribution in [3.63, 3.8) is 0 Å². The number of nitrogens with one attached hydrogen (secondary N) is 1. The number of amidine groups is 1. The van der Waals surface area contributed by atoms with Crippen molar-refractivity contribution in [3.05, 3.63) is 35.4 Å². The standard InChI is InChI=1S/C26H37N5O4.2ClH/c1-2-35-23(33)16-30(21-6-4-3-5-7-21)15-22(32)31(13-12-20-14-26(20,31)25(29)34)17-18-8-10-19(11-9-18)24(27)28;;/h8-11,20-21H,2-7,12-17H2,1H3,(H4-,27,28,29,34);2*1H/p+1/t20-,26+,31?;;/m1../s1. The van der Waals surface area contributed by atoms with E-state index in [9.17, 15) is 14.4 Å². The monoisotopic (exact) mass is 556 g/mol. The molecule has 9 nitrogen and oxygen atoms in total. The van der Waals surface area contributed by atoms with Gasteiger partial charge in [0, 0.05) is 35.9 Å². The van der Waals surface area contributed by atoms with Gasteiger partial charge in [-0.2, -0.15) is 0 Å². The van der Waals surface area contributed by atoms with Gasteiger partial charge in [-0.15, -0.1) is 24.8 Å². The number of halogens is 2. The van der Waals surface area contributed by atoms with E-state index in [4.69, 9.17) is 21.6 Å². The third-order valence-electron chi connectivity index (χ3n) is 8.38. The third kappa shape index (κ3) is 5.95. The molecule has 1 unspecified atom stereocenters. The third-order valence-corrected chi connectivity index (χ3v) is 8.38. The Morgan fingerprint density at radius 1 is 1.05 bits per heavy atom. The second-order valence-electron chi connectivity index (χ2n) is 10.3. The number of hydrogen-bond acceptors (Lipinski definition) is 6. The number of carbonyl (C=O) groups excluding carboxylic acids is 3. The van der Waals surface area contributed by atoms with Gasteiger partial charge in [0.25, 0.3) is 5.91 Å². The zero-order valence-corrected chi connectivity index (χ0v) is 23.1. The average molecular weight is 558 g/mol. The van der Waals surface area contributed by atoms with Crippen molar-refractivity contribution < 1.29 is 23.6 Å². The summed E-state index contributed by atoms with van der Waals surface area (Å²) in [6.45, 7) is 3.15. The van der Waals surface area contributed by atoms with Gasteiger partial charge in [-0.25, -0.2) is 9.28 Å². The summed E-state index contributed by atoms with van der Waals surface area (Å²) in [5.74, 6) is -0.700. The van der Waals surface area contributed by atoms with Gasteiger partial charge >= 0.3 is 11.9 Å². The first-order valence-corrected chi connectivity index (χ1v) is 12.8. The minimum absolute atomic E-state index is 0. The second-order valence-corrected chi connectivity index (χ2v) is 10.3. The lowest BCUT2D eigenvalue weighted by Gasteiger charge is -2.41. The molecule has 0 spiro atoms. The minimum atomic E-state index is -0.876. The van der Waals surface area contributed by atoms with Crippen LogP contribution in [0.25, 0.3) is 0 Å². The molecule has 0 aromatic heterocycles. The van der Waals surface area contributed by atoms with Crippen LogP contribution in [0.15, 0.2) is 24.3 Å². The van der Waals surface area contributed by atoms with E-state index in [1.165, 1.54) is 6.42 Å². The number of esters is 1. The van der Waals surface area contributed by atoms with E-state index in [1.54, 1.807) is 19.1 Å². The quantitative estimate of drug-likeness (QED) is 0.175. The summed E-state index contributed by atoms with van der Waals surface area (Å²) in [7, 11) is 0. The van der Waals surface area contributed by atoms with E-state index in [1.807, 2.05) is 17.0 Å². The van der Waals surface area contributed by atoms with Gasteiger partial charge in [-0.1, -0.05) is 43.5 Å². The van der Waals surface area contributed by atoms with Crippen molar-refractivity contribution in [2.75, 3.05) is 26.2 Å². The van der Waals surface area contributed by atoms with Gasteiger partial charge in [-0.05, 0) is 19.8 Å². The van der Waals surface area contributed by atoms with Crippen molar-refractivity contribution in [2.24, 2.45) is 17.4 Å². The van der Waals surface area contributed by atoms with Gasteiger partial charge in [-0.3, -0.25) is 19.9 Å². The lowest BCUT2D eigenvalue weighted by molar-refractivity contribution is -0.885. The van der Waals surface area contributed by atoms with E-state index in [-0.39, 0.29) is 72.1 Å². The first kappa shape index (κ1) is 31.0. The summed E-state index contributed by atoms with van der Waals surface area (Å²) in [4.78, 5) is 41.4. The fourth-order valence-corrected chi connectivity index (χ4v) is 6.47. The van der Waals surface area contributed by atoms with Crippen LogP contribution in [-0.4, -0.2) is 70.8 Å². The van der Waals surface area contributed by atoms with Crippen LogP contribution >= 0.6 is 24.8 Å². The molecule has 0 bridgehead atoms. The van der Waals surface area contributed by atoms with Crippen LogP contribution < -0.4 is 11.5 Å². The molecule has 3 aliphatic rings. The Balaban J connectivity index is 0.00000241. The number of piperidine rings is 1. The molecule has 206 valence electrons. The molecular weight excluding hydrogens is 517 g/mol. The smallest absolute Gasteiger partial charge is 0.328 e. The molecule has 11 heteroatoms. The lowest BCUT2D eigenvalue weighted by atomic mass is 9.94. The SMILES string of the molecule is CCOC(=O)CN(CC(=O)[N+]1(Cc2ccc(C(=N)N)cc2)CC[C@@H]2C[C@@]21C(N)=O)C1CCCCC1.Cl.Cl. The highest BCUT2D eigenvalue weighted by Crippen LogP contribution is 2.60. The summed E-state index contributed by atoms with van der Waals surface area (Å²) < 4.78 is 5.21. The van der Waals surface area contributed by atoms with Crippen LogP contribution in [0.3, 0.4) is 0 Å². The van der Waals surface area contributed by atoms with Crippen LogP contribution in [-0.2, 0) is 25.7 Å². The largest absolute Gasteiger partial charge is 0.465 e. The summed E-state index contributed by atoms with van der Waals surface area (Å²) in [5, 5.41) is 7.64. The Kier molecular flexibility index (Phi) is 10.5. The number of benzene rings is 1. The number of carbonyl (C=O) groups is 3. The van der Waals surface area contributed by atoms with Crippen LogP contribution in [0.5, 0.6) is 0 Å². The number of rotatable bonds is 10. The highest BCUT2D eigenvalue weighted by atomic mass is 35.5. The lowest BCUT2D eigenvalue weighted by Crippen LogP contribution is -2.65. The van der Waals surface area contributed by atoms with Crippen molar-refractivity contribution in [1.29, 1.82) is 5.41 Å². The van der Waals surface area contributed by atoms with E-state index in [0.29, 0.717) is 31.7 Å². The maximum atomic E-state index is 14.2. The summed E-state index contributed by atoms with van der Waals surface area (Å²) >= 11 is 0. The molecule has 5 N–H and O–H groups in total. The molecule has 0 radical (unpaired) electrons. The topological polar surface area (TPSA) is 140 Å². The number of nitrogens with two attached hydrogens (primary N) is 2. The van der Waals surface area contributed by atoms with Crippen molar-refractivity contribution >= 4 is 48.4 Å². The Labute approximate surface area is 231 Å². The predicted octanol–water partition coefficient (Wildman–Crippen LogP) is 2.50. The molecule has 2 amide bonds. The molecule has 1 heterocycles. The normalized spacial score (nSPS) is 26.4. The van der Waals surface area contributed by atoms with E-state index in [0.717, 1.165) is 37.7 Å². The van der Waals surface area contributed by atoms with Gasteiger partial charge in [0.15, 0.2) is 5.54 Å². The van der Waals surface area contributed by atoms with Crippen LogP contribution in [0.2, 0.25) is 0 Å². The highest BCUT2D eigenvalue weighted by Gasteiger charge is 2.78. The summed E-state index contributed by atoms with van der Waals surface area (Å²) in [6.07, 6.45) is 6.62. The summed E-state index contributed by atoms with van der Waals surface area (Å²) in [6, 6.07) is 7.42. The van der Waals surface area contributed by atoms with Crippen LogP contribution in [0, 0.1) is 11.3 Å². The first-order chi connectivity index (χ1) is 16.7. The number of hydrogen-bond donors (Lipinski definition) is 3. The van der Waals surface area contributed by atoms with Crippen molar-refractivity contribution in [1.82, 2.24) is 4.90 Å². The number of amides is 2. The maximum Gasteiger partial charge on any atom is 0.328 e. The van der Waals surface area contributed by atoms with Gasteiger partial charge in [0.2, 0.25) is 0 Å². The molecule has 2 aliphatic carbocycles. The Bertz CT molecular complexity index is 1000. The molecule has 1 aromatic rings. The number of likely N-dealkylation sites (tertiary alicyclic amines) is 1. The molecule has 1 aliphatic heterocycles.